The van der Waals surface area contributed by atoms with Crippen molar-refractivity contribution in [2.24, 2.45) is 14.1 Å². The summed E-state index contributed by atoms with van der Waals surface area (Å²) >= 11 is 6.28. The molecule has 1 unspecified atom stereocenters. The molecule has 6 heteroatoms. The minimum absolute atomic E-state index is 0.140. The highest BCUT2D eigenvalue weighted by molar-refractivity contribution is 6.31. The Balaban J connectivity index is 2.35. The number of aromatic nitrogens is 4. The minimum Gasteiger partial charge on any atom is -0.309 e. The van der Waals surface area contributed by atoms with Gasteiger partial charge in [0.2, 0.25) is 0 Å². The summed E-state index contributed by atoms with van der Waals surface area (Å²) in [5, 5.41) is 12.9. The number of hydrogen-bond acceptors (Lipinski definition) is 3. The summed E-state index contributed by atoms with van der Waals surface area (Å²) in [5.41, 5.74) is 4.57. The van der Waals surface area contributed by atoms with E-state index in [1.807, 2.05) is 23.5 Å². The Labute approximate surface area is 124 Å². The summed E-state index contributed by atoms with van der Waals surface area (Å²) in [6.07, 6.45) is 2.56. The molecule has 0 bridgehead atoms. The van der Waals surface area contributed by atoms with Crippen molar-refractivity contribution in [1.29, 1.82) is 0 Å². The summed E-state index contributed by atoms with van der Waals surface area (Å²) in [5.74, 6) is 0. The van der Waals surface area contributed by atoms with Crippen LogP contribution in [0.2, 0.25) is 5.02 Å². The second-order valence-electron chi connectivity index (χ2n) is 5.09. The molecule has 5 nitrogen and oxygen atoms in total. The van der Waals surface area contributed by atoms with Gasteiger partial charge in [-0.1, -0.05) is 18.5 Å². The number of rotatable bonds is 5. The Kier molecular flexibility index (Phi) is 4.50. The van der Waals surface area contributed by atoms with Crippen LogP contribution in [-0.2, 0) is 20.5 Å². The zero-order chi connectivity index (χ0) is 14.9. The molecule has 0 amide bonds. The molecule has 2 rings (SSSR count). The molecule has 0 aliphatic heterocycles. The quantitative estimate of drug-likeness (QED) is 0.921. The highest BCUT2D eigenvalue weighted by Gasteiger charge is 2.22. The molecule has 2 aromatic heterocycles. The molecular weight excluding hydrogens is 274 g/mol. The zero-order valence-electron chi connectivity index (χ0n) is 12.7. The van der Waals surface area contributed by atoms with Crippen LogP contribution in [0.1, 0.15) is 35.6 Å². The van der Waals surface area contributed by atoms with Crippen LogP contribution >= 0.6 is 11.6 Å². The van der Waals surface area contributed by atoms with Gasteiger partial charge in [-0.25, -0.2) is 0 Å². The first-order valence-electron chi connectivity index (χ1n) is 6.85. The summed E-state index contributed by atoms with van der Waals surface area (Å²) in [4.78, 5) is 0. The topological polar surface area (TPSA) is 47.7 Å². The number of likely N-dealkylation sites (N-methyl/N-ethyl adjacent to an activating group) is 1. The summed E-state index contributed by atoms with van der Waals surface area (Å²) in [6, 6.07) is 0.140. The third-order valence-corrected chi connectivity index (χ3v) is 4.08. The molecule has 0 radical (unpaired) electrons. The van der Waals surface area contributed by atoms with Crippen LogP contribution in [0, 0.1) is 13.8 Å². The van der Waals surface area contributed by atoms with E-state index in [4.69, 9.17) is 11.6 Å². The fourth-order valence-corrected chi connectivity index (χ4v) is 2.94. The number of hydrogen-bond donors (Lipinski definition) is 1. The Bertz CT molecular complexity index is 579. The van der Waals surface area contributed by atoms with E-state index >= 15 is 0 Å². The van der Waals surface area contributed by atoms with Gasteiger partial charge in [-0.3, -0.25) is 9.36 Å². The smallest absolute Gasteiger partial charge is 0.0834 e. The van der Waals surface area contributed by atoms with E-state index in [1.54, 1.807) is 6.20 Å². The van der Waals surface area contributed by atoms with Gasteiger partial charge in [-0.2, -0.15) is 10.2 Å². The first kappa shape index (κ1) is 15.1. The van der Waals surface area contributed by atoms with Gasteiger partial charge in [0, 0.05) is 19.8 Å². The number of nitrogens with one attached hydrogen (secondary N) is 1. The van der Waals surface area contributed by atoms with E-state index in [1.165, 1.54) is 11.3 Å². The SMILES string of the molecule is CCNC(Cc1c(C)nn(C)c1C)c1c(Cl)cnn1C. The predicted octanol–water partition coefficient (Wildman–Crippen LogP) is 2.32. The van der Waals surface area contributed by atoms with E-state index in [-0.39, 0.29) is 6.04 Å². The van der Waals surface area contributed by atoms with Crippen molar-refractivity contribution < 1.29 is 0 Å². The Morgan fingerprint density at radius 3 is 2.45 bits per heavy atom. The van der Waals surface area contributed by atoms with Crippen LogP contribution in [0.4, 0.5) is 0 Å². The summed E-state index contributed by atoms with van der Waals surface area (Å²) < 4.78 is 3.77. The van der Waals surface area contributed by atoms with Crippen LogP contribution in [0.5, 0.6) is 0 Å². The average Bonchev–Trinajstić information content (AvgIpc) is 2.83. The van der Waals surface area contributed by atoms with Crippen LogP contribution in [0.3, 0.4) is 0 Å². The van der Waals surface area contributed by atoms with Gasteiger partial charge in [0.15, 0.2) is 0 Å². The molecule has 1 N–H and O–H groups in total. The van der Waals surface area contributed by atoms with E-state index in [2.05, 4.69) is 36.3 Å². The molecule has 110 valence electrons. The average molecular weight is 296 g/mol. The predicted molar refractivity (Wildman–Crippen MR) is 81.0 cm³/mol. The lowest BCUT2D eigenvalue weighted by molar-refractivity contribution is 0.506. The third-order valence-electron chi connectivity index (χ3n) is 3.79. The molecule has 0 aromatic carbocycles. The summed E-state index contributed by atoms with van der Waals surface area (Å²) in [7, 11) is 3.90. The van der Waals surface area contributed by atoms with Crippen molar-refractivity contribution in [3.05, 3.63) is 33.9 Å². The highest BCUT2D eigenvalue weighted by Crippen LogP contribution is 2.27. The Morgan fingerprint density at radius 1 is 1.30 bits per heavy atom. The molecule has 0 aliphatic rings. The maximum Gasteiger partial charge on any atom is 0.0834 e. The van der Waals surface area contributed by atoms with E-state index in [9.17, 15) is 0 Å². The standard InChI is InChI=1S/C14H22ClN5/c1-6-16-13(14-12(15)8-17-20(14)5)7-11-9(2)18-19(4)10(11)3/h8,13,16H,6-7H2,1-5H3. The molecule has 2 aromatic rings. The van der Waals surface area contributed by atoms with E-state index in [0.717, 1.165) is 24.4 Å². The number of halogens is 1. The van der Waals surface area contributed by atoms with Crippen molar-refractivity contribution >= 4 is 11.6 Å². The maximum atomic E-state index is 6.28. The van der Waals surface area contributed by atoms with Crippen LogP contribution in [0.15, 0.2) is 6.20 Å². The Hall–Kier alpha value is -1.33. The van der Waals surface area contributed by atoms with Crippen molar-refractivity contribution in [2.75, 3.05) is 6.54 Å². The van der Waals surface area contributed by atoms with Crippen molar-refractivity contribution in [3.8, 4) is 0 Å². The highest BCUT2D eigenvalue weighted by atomic mass is 35.5. The largest absolute Gasteiger partial charge is 0.309 e. The lowest BCUT2D eigenvalue weighted by atomic mass is 10.0. The molecule has 2 heterocycles. The lowest BCUT2D eigenvalue weighted by Crippen LogP contribution is -2.26. The van der Waals surface area contributed by atoms with Crippen molar-refractivity contribution in [3.63, 3.8) is 0 Å². The molecule has 0 fully saturated rings. The zero-order valence-corrected chi connectivity index (χ0v) is 13.5. The summed E-state index contributed by atoms with van der Waals surface area (Å²) in [6.45, 7) is 7.13. The number of nitrogens with zero attached hydrogens (tertiary/aromatic N) is 4. The van der Waals surface area contributed by atoms with Gasteiger partial charge in [-0.15, -0.1) is 0 Å². The molecule has 20 heavy (non-hydrogen) atoms. The minimum atomic E-state index is 0.140. The molecule has 0 saturated carbocycles. The van der Waals surface area contributed by atoms with Crippen LogP contribution in [0.25, 0.3) is 0 Å². The second kappa shape index (κ2) is 5.97. The molecule has 0 aliphatic carbocycles. The van der Waals surface area contributed by atoms with Crippen molar-refractivity contribution in [1.82, 2.24) is 24.9 Å². The number of aryl methyl sites for hydroxylation is 3. The molecule has 0 spiro atoms. The fraction of sp³-hybridized carbons (Fsp3) is 0.571. The second-order valence-corrected chi connectivity index (χ2v) is 5.50. The van der Waals surface area contributed by atoms with Gasteiger partial charge >= 0.3 is 0 Å². The first-order chi connectivity index (χ1) is 9.45. The van der Waals surface area contributed by atoms with Crippen LogP contribution in [-0.4, -0.2) is 26.1 Å². The molecule has 0 saturated heterocycles. The first-order valence-corrected chi connectivity index (χ1v) is 7.23. The van der Waals surface area contributed by atoms with E-state index in [0.29, 0.717) is 5.02 Å². The fourth-order valence-electron chi connectivity index (χ4n) is 2.64. The third kappa shape index (κ3) is 2.74. The van der Waals surface area contributed by atoms with Gasteiger partial charge < -0.3 is 5.32 Å². The maximum absolute atomic E-state index is 6.28. The molecular formula is C14H22ClN5. The Morgan fingerprint density at radius 2 is 2.00 bits per heavy atom. The van der Waals surface area contributed by atoms with Gasteiger partial charge in [0.05, 0.1) is 28.6 Å². The normalized spacial score (nSPS) is 12.9. The van der Waals surface area contributed by atoms with Gasteiger partial charge in [0.1, 0.15) is 0 Å². The molecule has 1 atom stereocenters. The van der Waals surface area contributed by atoms with Gasteiger partial charge in [-0.05, 0) is 32.4 Å². The monoisotopic (exact) mass is 295 g/mol. The van der Waals surface area contributed by atoms with E-state index < -0.39 is 0 Å². The lowest BCUT2D eigenvalue weighted by Gasteiger charge is -2.19. The van der Waals surface area contributed by atoms with Crippen molar-refractivity contribution in [2.45, 2.75) is 33.2 Å². The van der Waals surface area contributed by atoms with Crippen LogP contribution < -0.4 is 5.32 Å². The van der Waals surface area contributed by atoms with Gasteiger partial charge in [0.25, 0.3) is 0 Å².